The van der Waals surface area contributed by atoms with Crippen LogP contribution >= 0.6 is 11.6 Å². The standard InChI is InChI=1S/C8H15ClN2O2/c1-3-13-8(12)7(9)6(2)11-5-4-10/h11H,3-5,10H2,1-2H3. The predicted molar refractivity (Wildman–Crippen MR) is 52.2 cm³/mol. The molecule has 0 saturated carbocycles. The van der Waals surface area contributed by atoms with Crippen molar-refractivity contribution in [1.29, 1.82) is 0 Å². The number of hydrogen-bond donors (Lipinski definition) is 2. The average Bonchev–Trinajstić information content (AvgIpc) is 2.13. The number of esters is 1. The van der Waals surface area contributed by atoms with Gasteiger partial charge in [-0.2, -0.15) is 0 Å². The molecule has 0 aromatic rings. The van der Waals surface area contributed by atoms with E-state index in [9.17, 15) is 4.79 Å². The van der Waals surface area contributed by atoms with Gasteiger partial charge < -0.3 is 15.8 Å². The zero-order valence-corrected chi connectivity index (χ0v) is 8.65. The summed E-state index contributed by atoms with van der Waals surface area (Å²) >= 11 is 5.70. The Labute approximate surface area is 83.1 Å². The second-order valence-electron chi connectivity index (χ2n) is 2.37. The smallest absolute Gasteiger partial charge is 0.351 e. The summed E-state index contributed by atoms with van der Waals surface area (Å²) in [5, 5.41) is 2.97. The van der Waals surface area contributed by atoms with Gasteiger partial charge in [-0.05, 0) is 13.8 Å². The molecule has 0 fully saturated rings. The molecule has 13 heavy (non-hydrogen) atoms. The van der Waals surface area contributed by atoms with Gasteiger partial charge in [0.25, 0.3) is 0 Å². The van der Waals surface area contributed by atoms with Gasteiger partial charge in [-0.1, -0.05) is 11.6 Å². The van der Waals surface area contributed by atoms with Gasteiger partial charge in [0.15, 0.2) is 0 Å². The van der Waals surface area contributed by atoms with Crippen molar-refractivity contribution >= 4 is 17.6 Å². The van der Waals surface area contributed by atoms with Crippen LogP contribution < -0.4 is 11.1 Å². The molecule has 0 aliphatic heterocycles. The molecule has 0 heterocycles. The van der Waals surface area contributed by atoms with Gasteiger partial charge in [0.2, 0.25) is 0 Å². The molecule has 0 unspecified atom stereocenters. The normalized spacial score (nSPS) is 12.0. The van der Waals surface area contributed by atoms with Crippen LogP contribution in [-0.2, 0) is 9.53 Å². The molecule has 5 heteroatoms. The number of hydrogen-bond acceptors (Lipinski definition) is 4. The first-order valence-electron chi connectivity index (χ1n) is 4.10. The fraction of sp³-hybridized carbons (Fsp3) is 0.625. The minimum atomic E-state index is -0.508. The molecule has 0 bridgehead atoms. The summed E-state index contributed by atoms with van der Waals surface area (Å²) in [6.45, 7) is 4.82. The highest BCUT2D eigenvalue weighted by Crippen LogP contribution is 2.08. The van der Waals surface area contributed by atoms with Crippen LogP contribution in [0.4, 0.5) is 0 Å². The maximum Gasteiger partial charge on any atom is 0.351 e. The maximum atomic E-state index is 11.1. The largest absolute Gasteiger partial charge is 0.462 e. The van der Waals surface area contributed by atoms with Gasteiger partial charge in [-0.3, -0.25) is 0 Å². The van der Waals surface area contributed by atoms with Crippen LogP contribution in [0.25, 0.3) is 0 Å². The quantitative estimate of drug-likeness (QED) is 0.510. The molecule has 0 amide bonds. The number of rotatable bonds is 5. The first-order valence-corrected chi connectivity index (χ1v) is 4.48. The van der Waals surface area contributed by atoms with E-state index in [1.807, 2.05) is 0 Å². The first kappa shape index (κ1) is 12.3. The van der Waals surface area contributed by atoms with Crippen LogP contribution in [0.2, 0.25) is 0 Å². The molecule has 0 rings (SSSR count). The molecule has 0 atom stereocenters. The van der Waals surface area contributed by atoms with E-state index in [0.717, 1.165) is 0 Å². The van der Waals surface area contributed by atoms with Gasteiger partial charge in [0.05, 0.1) is 6.61 Å². The Morgan fingerprint density at radius 1 is 1.62 bits per heavy atom. The highest BCUT2D eigenvalue weighted by molar-refractivity contribution is 6.41. The number of ether oxygens (including phenoxy) is 1. The summed E-state index contributed by atoms with van der Waals surface area (Å²) in [6, 6.07) is 0. The molecule has 0 aromatic heterocycles. The van der Waals surface area contributed by atoms with Crippen molar-refractivity contribution < 1.29 is 9.53 Å². The van der Waals surface area contributed by atoms with E-state index in [4.69, 9.17) is 22.1 Å². The third-order valence-electron chi connectivity index (χ3n) is 1.32. The second-order valence-corrected chi connectivity index (χ2v) is 2.75. The number of nitrogens with one attached hydrogen (secondary N) is 1. The highest BCUT2D eigenvalue weighted by atomic mass is 35.5. The van der Waals surface area contributed by atoms with Crippen LogP contribution in [0.3, 0.4) is 0 Å². The summed E-state index contributed by atoms with van der Waals surface area (Å²) in [5.41, 5.74) is 5.86. The molecule has 0 aliphatic rings. The Morgan fingerprint density at radius 2 is 2.23 bits per heavy atom. The third-order valence-corrected chi connectivity index (χ3v) is 1.76. The SMILES string of the molecule is CCOC(=O)C(Cl)=C(C)NCCN. The molecule has 0 saturated heterocycles. The first-order chi connectivity index (χ1) is 6.13. The Hall–Kier alpha value is -0.740. The summed E-state index contributed by atoms with van der Waals surface area (Å²) < 4.78 is 4.70. The summed E-state index contributed by atoms with van der Waals surface area (Å²) in [7, 11) is 0. The van der Waals surface area contributed by atoms with Gasteiger partial charge in [0.1, 0.15) is 5.03 Å². The summed E-state index contributed by atoms with van der Waals surface area (Å²) in [6.07, 6.45) is 0. The summed E-state index contributed by atoms with van der Waals surface area (Å²) in [5.74, 6) is -0.508. The lowest BCUT2D eigenvalue weighted by molar-refractivity contribution is -0.137. The topological polar surface area (TPSA) is 64.3 Å². The Morgan fingerprint density at radius 3 is 2.69 bits per heavy atom. The Bertz CT molecular complexity index is 204. The highest BCUT2D eigenvalue weighted by Gasteiger charge is 2.10. The van der Waals surface area contributed by atoms with Crippen LogP contribution in [0.1, 0.15) is 13.8 Å². The van der Waals surface area contributed by atoms with E-state index in [1.54, 1.807) is 13.8 Å². The van der Waals surface area contributed by atoms with E-state index in [0.29, 0.717) is 25.4 Å². The fourth-order valence-electron chi connectivity index (χ4n) is 0.685. The lowest BCUT2D eigenvalue weighted by Gasteiger charge is -2.07. The number of allylic oxidation sites excluding steroid dienone is 1. The van der Waals surface area contributed by atoms with Crippen molar-refractivity contribution in [3.63, 3.8) is 0 Å². The minimum Gasteiger partial charge on any atom is -0.462 e. The van der Waals surface area contributed by atoms with Crippen LogP contribution in [0.5, 0.6) is 0 Å². The van der Waals surface area contributed by atoms with Crippen molar-refractivity contribution in [3.05, 3.63) is 10.7 Å². The zero-order valence-electron chi connectivity index (χ0n) is 7.89. The van der Waals surface area contributed by atoms with Crippen molar-refractivity contribution in [2.45, 2.75) is 13.8 Å². The molecule has 0 aliphatic carbocycles. The van der Waals surface area contributed by atoms with Crippen molar-refractivity contribution in [2.75, 3.05) is 19.7 Å². The van der Waals surface area contributed by atoms with Crippen LogP contribution in [0.15, 0.2) is 10.7 Å². The number of halogens is 1. The Balaban J connectivity index is 4.15. The Kier molecular flexibility index (Phi) is 6.36. The average molecular weight is 207 g/mol. The van der Waals surface area contributed by atoms with E-state index < -0.39 is 5.97 Å². The molecule has 4 nitrogen and oxygen atoms in total. The lowest BCUT2D eigenvalue weighted by Crippen LogP contribution is -2.22. The monoisotopic (exact) mass is 206 g/mol. The van der Waals surface area contributed by atoms with E-state index in [-0.39, 0.29) is 5.03 Å². The van der Waals surface area contributed by atoms with Gasteiger partial charge in [-0.15, -0.1) is 0 Å². The van der Waals surface area contributed by atoms with Gasteiger partial charge in [-0.25, -0.2) is 4.79 Å². The number of carbonyl (C=O) groups is 1. The van der Waals surface area contributed by atoms with E-state index in [2.05, 4.69) is 5.32 Å². The molecule has 0 radical (unpaired) electrons. The molecule has 0 aromatic carbocycles. The van der Waals surface area contributed by atoms with Crippen LogP contribution in [0, 0.1) is 0 Å². The van der Waals surface area contributed by atoms with Gasteiger partial charge in [0, 0.05) is 18.8 Å². The molecular formula is C8H15ClN2O2. The molecule has 76 valence electrons. The van der Waals surface area contributed by atoms with Crippen molar-refractivity contribution in [2.24, 2.45) is 5.73 Å². The maximum absolute atomic E-state index is 11.1. The van der Waals surface area contributed by atoms with Crippen molar-refractivity contribution in [3.8, 4) is 0 Å². The molecular weight excluding hydrogens is 192 g/mol. The fourth-order valence-corrected chi connectivity index (χ4v) is 0.806. The second kappa shape index (κ2) is 6.74. The third kappa shape index (κ3) is 4.75. The molecule has 3 N–H and O–H groups in total. The zero-order chi connectivity index (χ0) is 10.3. The van der Waals surface area contributed by atoms with E-state index in [1.165, 1.54) is 0 Å². The molecule has 0 spiro atoms. The number of carbonyl (C=O) groups excluding carboxylic acids is 1. The lowest BCUT2D eigenvalue weighted by atomic mass is 10.4. The van der Waals surface area contributed by atoms with Crippen LogP contribution in [-0.4, -0.2) is 25.7 Å². The van der Waals surface area contributed by atoms with Crippen molar-refractivity contribution in [1.82, 2.24) is 5.32 Å². The van der Waals surface area contributed by atoms with Gasteiger partial charge >= 0.3 is 5.97 Å². The summed E-state index contributed by atoms with van der Waals surface area (Å²) in [4.78, 5) is 11.1. The number of nitrogens with two attached hydrogens (primary N) is 1. The van der Waals surface area contributed by atoms with E-state index >= 15 is 0 Å². The predicted octanol–water partition coefficient (Wildman–Crippen LogP) is 0.568. The minimum absolute atomic E-state index is 0.0790.